The lowest BCUT2D eigenvalue weighted by atomic mass is 9.88. The molecular formula is C39H47N9. The number of nitrogens with zero attached hydrogens (tertiary/aromatic N) is 9. The summed E-state index contributed by atoms with van der Waals surface area (Å²) in [4.78, 5) is 43.9. The molecule has 6 rings (SSSR count). The van der Waals surface area contributed by atoms with Gasteiger partial charge in [0.1, 0.15) is 29.1 Å². The smallest absolute Gasteiger partial charge is 0.163 e. The Morgan fingerprint density at radius 3 is 1.29 bits per heavy atom. The van der Waals surface area contributed by atoms with Crippen molar-refractivity contribution in [1.82, 2.24) is 44.9 Å². The summed E-state index contributed by atoms with van der Waals surface area (Å²) in [6, 6.07) is 16.4. The first-order valence-corrected chi connectivity index (χ1v) is 17.5. The van der Waals surface area contributed by atoms with Crippen LogP contribution >= 0.6 is 0 Å². The summed E-state index contributed by atoms with van der Waals surface area (Å²) in [7, 11) is 0. The van der Waals surface area contributed by atoms with Crippen molar-refractivity contribution >= 4 is 0 Å². The molecule has 0 atom stereocenters. The highest BCUT2D eigenvalue weighted by atomic mass is 15.1. The Hall–Kier alpha value is -4.53. The van der Waals surface area contributed by atoms with E-state index in [0.717, 1.165) is 70.0 Å². The molecule has 5 aromatic rings. The van der Waals surface area contributed by atoms with Gasteiger partial charge in [0, 0.05) is 51.8 Å². The van der Waals surface area contributed by atoms with Crippen molar-refractivity contribution in [2.75, 3.05) is 0 Å². The van der Waals surface area contributed by atoms with Gasteiger partial charge in [-0.05, 0) is 18.9 Å². The summed E-state index contributed by atoms with van der Waals surface area (Å²) in [6.45, 7) is 16.9. The number of benzene rings is 2. The molecule has 0 N–H and O–H groups in total. The highest BCUT2D eigenvalue weighted by Crippen LogP contribution is 2.33. The summed E-state index contributed by atoms with van der Waals surface area (Å²) < 4.78 is 0. The third-order valence-corrected chi connectivity index (χ3v) is 8.81. The third-order valence-electron chi connectivity index (χ3n) is 8.81. The fourth-order valence-electron chi connectivity index (χ4n) is 5.87. The highest BCUT2D eigenvalue weighted by molar-refractivity contribution is 5.68. The molecule has 248 valence electrons. The average molecular weight is 642 g/mol. The number of hydrogen-bond acceptors (Lipinski definition) is 9. The van der Waals surface area contributed by atoms with Gasteiger partial charge in [-0.2, -0.15) is 0 Å². The van der Waals surface area contributed by atoms with Gasteiger partial charge in [-0.1, -0.05) is 117 Å². The van der Waals surface area contributed by atoms with E-state index in [-0.39, 0.29) is 23.7 Å². The second kappa shape index (κ2) is 14.3. The van der Waals surface area contributed by atoms with Crippen LogP contribution in [0.4, 0.5) is 0 Å². The molecule has 0 radical (unpaired) electrons. The molecule has 3 heterocycles. The fraction of sp³-hybridized carbons (Fsp3) is 0.462. The molecule has 0 bridgehead atoms. The number of aromatic nitrogens is 9. The van der Waals surface area contributed by atoms with Crippen LogP contribution in [0.15, 0.2) is 48.5 Å². The summed E-state index contributed by atoms with van der Waals surface area (Å²) in [5, 5.41) is 0. The van der Waals surface area contributed by atoms with Gasteiger partial charge in [-0.15, -0.1) is 0 Å². The van der Waals surface area contributed by atoms with Crippen LogP contribution in [0.1, 0.15) is 146 Å². The summed E-state index contributed by atoms with van der Waals surface area (Å²) >= 11 is 0. The van der Waals surface area contributed by atoms with Crippen molar-refractivity contribution in [2.24, 2.45) is 0 Å². The van der Waals surface area contributed by atoms with Gasteiger partial charge in [0.2, 0.25) is 0 Å². The second-order valence-electron chi connectivity index (χ2n) is 14.2. The normalized spacial score (nSPS) is 14.1. The molecule has 1 fully saturated rings. The van der Waals surface area contributed by atoms with Gasteiger partial charge in [0.25, 0.3) is 0 Å². The standard InChI is InChI=1S/C39H47N9/c1-22(2)31-40-32(23(3)4)45-38(44-31)29-15-12-16-30(21-29)39-46-34(25(7)8)43-37(48-39)28-19-17-27(18-20-28)36-42-33(24(5)6)41-35(47-36)26-13-10-9-11-14-26/h12,15-26H,9-11,13-14H2,1-8H3. The number of rotatable bonds is 9. The van der Waals surface area contributed by atoms with Crippen molar-refractivity contribution in [3.05, 3.63) is 77.7 Å². The highest BCUT2D eigenvalue weighted by Gasteiger charge is 2.22. The van der Waals surface area contributed by atoms with E-state index in [1.54, 1.807) is 0 Å². The Kier molecular flexibility index (Phi) is 9.94. The van der Waals surface area contributed by atoms with Crippen molar-refractivity contribution < 1.29 is 0 Å². The first kappa shape index (κ1) is 33.4. The second-order valence-corrected chi connectivity index (χ2v) is 14.2. The molecule has 3 aromatic heterocycles. The van der Waals surface area contributed by atoms with Crippen LogP contribution in [-0.2, 0) is 0 Å². The lowest BCUT2D eigenvalue weighted by Gasteiger charge is -2.21. The molecule has 0 saturated heterocycles. The fourth-order valence-corrected chi connectivity index (χ4v) is 5.87. The van der Waals surface area contributed by atoms with E-state index in [2.05, 4.69) is 85.7 Å². The summed E-state index contributed by atoms with van der Waals surface area (Å²) in [5.74, 6) is 7.92. The lowest BCUT2D eigenvalue weighted by molar-refractivity contribution is 0.426. The van der Waals surface area contributed by atoms with Crippen LogP contribution in [-0.4, -0.2) is 44.9 Å². The molecule has 0 spiro atoms. The first-order valence-electron chi connectivity index (χ1n) is 17.5. The van der Waals surface area contributed by atoms with Crippen molar-refractivity contribution in [2.45, 2.75) is 117 Å². The zero-order valence-corrected chi connectivity index (χ0v) is 29.6. The Morgan fingerprint density at radius 2 is 0.812 bits per heavy atom. The molecule has 9 heteroatoms. The Bertz CT molecular complexity index is 1850. The first-order chi connectivity index (χ1) is 23.0. The van der Waals surface area contributed by atoms with Gasteiger partial charge in [0.15, 0.2) is 23.3 Å². The van der Waals surface area contributed by atoms with Crippen molar-refractivity contribution in [1.29, 1.82) is 0 Å². The third kappa shape index (κ3) is 7.45. The van der Waals surface area contributed by atoms with Crippen molar-refractivity contribution in [3.63, 3.8) is 0 Å². The van der Waals surface area contributed by atoms with E-state index in [9.17, 15) is 0 Å². The summed E-state index contributed by atoms with van der Waals surface area (Å²) in [6.07, 6.45) is 6.08. The molecule has 1 aliphatic rings. The minimum Gasteiger partial charge on any atom is -0.217 e. The van der Waals surface area contributed by atoms with Gasteiger partial charge in [0.05, 0.1) is 0 Å². The average Bonchev–Trinajstić information content (AvgIpc) is 3.11. The van der Waals surface area contributed by atoms with E-state index in [0.29, 0.717) is 23.4 Å². The Morgan fingerprint density at radius 1 is 0.417 bits per heavy atom. The topological polar surface area (TPSA) is 116 Å². The van der Waals surface area contributed by atoms with Crippen LogP contribution in [0.5, 0.6) is 0 Å². The monoisotopic (exact) mass is 641 g/mol. The molecule has 0 unspecified atom stereocenters. The maximum absolute atomic E-state index is 4.99. The van der Waals surface area contributed by atoms with Gasteiger partial charge >= 0.3 is 0 Å². The zero-order chi connectivity index (χ0) is 33.9. The van der Waals surface area contributed by atoms with Crippen LogP contribution < -0.4 is 0 Å². The van der Waals surface area contributed by atoms with E-state index in [1.807, 2.05) is 18.2 Å². The van der Waals surface area contributed by atoms with Crippen LogP contribution in [0.2, 0.25) is 0 Å². The molecule has 9 nitrogen and oxygen atoms in total. The molecule has 1 aliphatic carbocycles. The zero-order valence-electron chi connectivity index (χ0n) is 29.6. The minimum absolute atomic E-state index is 0.122. The van der Waals surface area contributed by atoms with Crippen LogP contribution in [0.3, 0.4) is 0 Å². The molecule has 0 amide bonds. The molecule has 2 aromatic carbocycles. The molecule has 48 heavy (non-hydrogen) atoms. The molecular weight excluding hydrogens is 594 g/mol. The quantitative estimate of drug-likeness (QED) is 0.155. The van der Waals surface area contributed by atoms with E-state index in [1.165, 1.54) is 19.3 Å². The van der Waals surface area contributed by atoms with E-state index in [4.69, 9.17) is 44.9 Å². The molecule has 0 aliphatic heterocycles. The predicted molar refractivity (Wildman–Crippen MR) is 191 cm³/mol. The van der Waals surface area contributed by atoms with Gasteiger partial charge in [-0.25, -0.2) is 44.9 Å². The van der Waals surface area contributed by atoms with Crippen molar-refractivity contribution in [3.8, 4) is 45.6 Å². The van der Waals surface area contributed by atoms with Crippen LogP contribution in [0, 0.1) is 0 Å². The Labute approximate surface area is 284 Å². The minimum atomic E-state index is 0.122. The van der Waals surface area contributed by atoms with Gasteiger partial charge < -0.3 is 0 Å². The largest absolute Gasteiger partial charge is 0.217 e. The maximum Gasteiger partial charge on any atom is 0.163 e. The maximum atomic E-state index is 4.99. The SMILES string of the molecule is CC(C)c1nc(-c2ccc(-c3nc(C(C)C)nc(C4CCCCC4)n3)cc2)nc(-c2cccc(-c3nc(C(C)C)nc(C(C)C)n3)c2)n1. The summed E-state index contributed by atoms with van der Waals surface area (Å²) in [5.41, 5.74) is 3.66. The van der Waals surface area contributed by atoms with Gasteiger partial charge in [-0.3, -0.25) is 0 Å². The van der Waals surface area contributed by atoms with Crippen LogP contribution in [0.25, 0.3) is 45.6 Å². The predicted octanol–water partition coefficient (Wildman–Crippen LogP) is 9.45. The van der Waals surface area contributed by atoms with E-state index < -0.39 is 0 Å². The number of hydrogen-bond donors (Lipinski definition) is 0. The molecule has 1 saturated carbocycles. The van der Waals surface area contributed by atoms with E-state index >= 15 is 0 Å². The lowest BCUT2D eigenvalue weighted by Crippen LogP contribution is -2.13. The Balaban J connectivity index is 1.36.